The molecular weight excluding hydrogens is 241 g/mol. The first-order valence-corrected chi connectivity index (χ1v) is 5.83. The summed E-state index contributed by atoms with van der Waals surface area (Å²) in [5, 5.41) is 3.48. The van der Waals surface area contributed by atoms with Gasteiger partial charge in [-0.3, -0.25) is 0 Å². The minimum atomic E-state index is -0.311. The molecule has 0 bridgehead atoms. The van der Waals surface area contributed by atoms with Crippen molar-refractivity contribution >= 4 is 11.6 Å². The Labute approximate surface area is 104 Å². The van der Waals surface area contributed by atoms with Crippen LogP contribution in [0.25, 0.3) is 0 Å². The lowest BCUT2D eigenvalue weighted by atomic mass is 10.0. The van der Waals surface area contributed by atoms with E-state index in [1.807, 2.05) is 6.92 Å². The lowest BCUT2D eigenvalue weighted by Crippen LogP contribution is -2.22. The largest absolute Gasteiger partial charge is 0.448 e. The van der Waals surface area contributed by atoms with Crippen molar-refractivity contribution in [1.82, 2.24) is 5.32 Å². The summed E-state index contributed by atoms with van der Waals surface area (Å²) in [4.78, 5) is 0. The standard InChI is InChI=1S/C13H13ClFNO/c1-2-16-13(11-7-8-12(14)17-11)9-5-3-4-6-10(9)15/h3-8,13,16H,2H2,1H3. The van der Waals surface area contributed by atoms with Crippen molar-refractivity contribution in [3.8, 4) is 0 Å². The molecule has 17 heavy (non-hydrogen) atoms. The normalized spacial score (nSPS) is 12.6. The lowest BCUT2D eigenvalue weighted by Gasteiger charge is -2.16. The second kappa shape index (κ2) is 5.34. The monoisotopic (exact) mass is 253 g/mol. The fourth-order valence-corrected chi connectivity index (χ4v) is 1.91. The van der Waals surface area contributed by atoms with Crippen molar-refractivity contribution in [2.45, 2.75) is 13.0 Å². The Morgan fingerprint density at radius 1 is 1.29 bits per heavy atom. The van der Waals surface area contributed by atoms with Gasteiger partial charge in [0.2, 0.25) is 0 Å². The molecule has 0 aliphatic carbocycles. The summed E-state index contributed by atoms with van der Waals surface area (Å²) < 4.78 is 19.1. The smallest absolute Gasteiger partial charge is 0.193 e. The number of hydrogen-bond donors (Lipinski definition) is 1. The molecular formula is C13H13ClFNO. The van der Waals surface area contributed by atoms with Crippen molar-refractivity contribution in [2.24, 2.45) is 0 Å². The number of hydrogen-bond acceptors (Lipinski definition) is 2. The van der Waals surface area contributed by atoms with Crippen LogP contribution in [0.1, 0.15) is 24.3 Å². The van der Waals surface area contributed by atoms with Gasteiger partial charge in [0.05, 0.1) is 6.04 Å². The Bertz CT molecular complexity index is 498. The SMILES string of the molecule is CCNC(c1ccc(Cl)o1)c1ccccc1F. The van der Waals surface area contributed by atoms with Crippen LogP contribution < -0.4 is 5.32 Å². The van der Waals surface area contributed by atoms with Gasteiger partial charge in [0, 0.05) is 5.56 Å². The van der Waals surface area contributed by atoms with Crippen LogP contribution in [0.5, 0.6) is 0 Å². The molecule has 1 atom stereocenters. The summed E-state index contributed by atoms with van der Waals surface area (Å²) in [5.74, 6) is 0.355. The second-order valence-electron chi connectivity index (χ2n) is 3.65. The quantitative estimate of drug-likeness (QED) is 0.897. The van der Waals surface area contributed by atoms with Gasteiger partial charge in [-0.2, -0.15) is 0 Å². The predicted molar refractivity (Wildman–Crippen MR) is 65.6 cm³/mol. The number of halogens is 2. The van der Waals surface area contributed by atoms with E-state index in [4.69, 9.17) is 16.0 Å². The third-order valence-corrected chi connectivity index (χ3v) is 2.71. The van der Waals surface area contributed by atoms with E-state index in [0.717, 1.165) is 0 Å². The molecule has 2 aromatic rings. The van der Waals surface area contributed by atoms with Crippen molar-refractivity contribution in [3.63, 3.8) is 0 Å². The Hall–Kier alpha value is -1.32. The van der Waals surface area contributed by atoms with Gasteiger partial charge in [-0.15, -0.1) is 0 Å². The highest BCUT2D eigenvalue weighted by molar-refractivity contribution is 6.28. The molecule has 1 N–H and O–H groups in total. The minimum absolute atomic E-state index is 0.258. The molecule has 2 rings (SSSR count). The van der Waals surface area contributed by atoms with Crippen molar-refractivity contribution in [3.05, 3.63) is 58.8 Å². The van der Waals surface area contributed by atoms with Gasteiger partial charge >= 0.3 is 0 Å². The van der Waals surface area contributed by atoms with Crippen LogP contribution in [-0.2, 0) is 0 Å². The lowest BCUT2D eigenvalue weighted by molar-refractivity contribution is 0.443. The van der Waals surface area contributed by atoms with E-state index in [1.165, 1.54) is 6.07 Å². The predicted octanol–water partition coefficient (Wildman–Crippen LogP) is 3.77. The van der Waals surface area contributed by atoms with E-state index in [2.05, 4.69) is 5.32 Å². The molecule has 0 radical (unpaired) electrons. The third-order valence-electron chi connectivity index (χ3n) is 2.50. The Morgan fingerprint density at radius 3 is 2.65 bits per heavy atom. The number of furan rings is 1. The molecule has 0 spiro atoms. The van der Waals surface area contributed by atoms with Gasteiger partial charge in [0.1, 0.15) is 11.6 Å². The highest BCUT2D eigenvalue weighted by Gasteiger charge is 2.19. The topological polar surface area (TPSA) is 25.2 Å². The van der Waals surface area contributed by atoms with Crippen LogP contribution >= 0.6 is 11.6 Å². The molecule has 0 aliphatic heterocycles. The summed E-state index contributed by atoms with van der Waals surface area (Å²) in [6, 6.07) is 9.73. The summed E-state index contributed by atoms with van der Waals surface area (Å²) in [5.41, 5.74) is 0.556. The zero-order chi connectivity index (χ0) is 12.3. The summed E-state index contributed by atoms with van der Waals surface area (Å²) in [6.45, 7) is 2.66. The molecule has 0 amide bonds. The molecule has 1 unspecified atom stereocenters. The van der Waals surface area contributed by atoms with Crippen LogP contribution in [0.4, 0.5) is 4.39 Å². The summed E-state index contributed by atoms with van der Waals surface area (Å²) >= 11 is 5.74. The molecule has 0 fully saturated rings. The van der Waals surface area contributed by atoms with Crippen LogP contribution in [0.2, 0.25) is 5.22 Å². The van der Waals surface area contributed by atoms with Crippen molar-refractivity contribution < 1.29 is 8.81 Å². The van der Waals surface area contributed by atoms with E-state index in [-0.39, 0.29) is 11.9 Å². The van der Waals surface area contributed by atoms with E-state index >= 15 is 0 Å². The first kappa shape index (κ1) is 12.1. The molecule has 1 aromatic heterocycles. The third kappa shape index (κ3) is 2.68. The molecule has 1 heterocycles. The van der Waals surface area contributed by atoms with E-state index in [1.54, 1.807) is 30.3 Å². The van der Waals surface area contributed by atoms with Crippen molar-refractivity contribution in [1.29, 1.82) is 0 Å². The van der Waals surface area contributed by atoms with E-state index in [0.29, 0.717) is 23.1 Å². The minimum Gasteiger partial charge on any atom is -0.448 e. The van der Waals surface area contributed by atoms with Gasteiger partial charge in [-0.25, -0.2) is 4.39 Å². The fourth-order valence-electron chi connectivity index (χ4n) is 1.76. The first-order valence-electron chi connectivity index (χ1n) is 5.45. The highest BCUT2D eigenvalue weighted by atomic mass is 35.5. The van der Waals surface area contributed by atoms with Crippen LogP contribution in [0.15, 0.2) is 40.8 Å². The summed E-state index contributed by atoms with van der Waals surface area (Å²) in [6.07, 6.45) is 0. The Morgan fingerprint density at radius 2 is 2.06 bits per heavy atom. The molecule has 0 saturated carbocycles. The number of nitrogens with one attached hydrogen (secondary N) is 1. The second-order valence-corrected chi connectivity index (χ2v) is 4.03. The molecule has 4 heteroatoms. The van der Waals surface area contributed by atoms with Crippen molar-refractivity contribution in [2.75, 3.05) is 6.54 Å². The van der Waals surface area contributed by atoms with Gasteiger partial charge in [0.25, 0.3) is 0 Å². The molecule has 90 valence electrons. The first-order chi connectivity index (χ1) is 8.22. The van der Waals surface area contributed by atoms with Crippen LogP contribution in [0.3, 0.4) is 0 Å². The van der Waals surface area contributed by atoms with Gasteiger partial charge < -0.3 is 9.73 Å². The summed E-state index contributed by atoms with van der Waals surface area (Å²) in [7, 11) is 0. The zero-order valence-corrected chi connectivity index (χ0v) is 10.2. The molecule has 0 aliphatic rings. The maximum absolute atomic E-state index is 13.7. The zero-order valence-electron chi connectivity index (χ0n) is 9.41. The number of benzene rings is 1. The van der Waals surface area contributed by atoms with Crippen LogP contribution in [0, 0.1) is 5.82 Å². The van der Waals surface area contributed by atoms with E-state index < -0.39 is 0 Å². The molecule has 2 nitrogen and oxygen atoms in total. The average Bonchev–Trinajstić information content (AvgIpc) is 2.74. The average molecular weight is 254 g/mol. The maximum Gasteiger partial charge on any atom is 0.193 e. The fraction of sp³-hybridized carbons (Fsp3) is 0.231. The number of rotatable bonds is 4. The Kier molecular flexibility index (Phi) is 3.82. The molecule has 0 saturated heterocycles. The van der Waals surface area contributed by atoms with E-state index in [9.17, 15) is 4.39 Å². The van der Waals surface area contributed by atoms with Gasteiger partial charge in [-0.1, -0.05) is 25.1 Å². The maximum atomic E-state index is 13.7. The molecule has 1 aromatic carbocycles. The van der Waals surface area contributed by atoms with Gasteiger partial charge in [0.15, 0.2) is 5.22 Å². The van der Waals surface area contributed by atoms with Gasteiger partial charge in [-0.05, 0) is 36.3 Å². The highest BCUT2D eigenvalue weighted by Crippen LogP contribution is 2.27. The Balaban J connectivity index is 2.39. The van der Waals surface area contributed by atoms with Crippen LogP contribution in [-0.4, -0.2) is 6.54 Å².